The number of amides is 2. The van der Waals surface area contributed by atoms with Gasteiger partial charge in [0, 0.05) is 23.5 Å². The number of carbonyl (C=O) groups is 2. The molecule has 0 unspecified atom stereocenters. The molecule has 2 aliphatic heterocycles. The molecule has 2 amide bonds. The summed E-state index contributed by atoms with van der Waals surface area (Å²) in [5, 5.41) is 3.34. The average Bonchev–Trinajstić information content (AvgIpc) is 3.17. The molecule has 0 saturated carbocycles. The van der Waals surface area contributed by atoms with Crippen molar-refractivity contribution in [2.24, 2.45) is 5.73 Å². The van der Waals surface area contributed by atoms with Crippen molar-refractivity contribution in [3.63, 3.8) is 0 Å². The summed E-state index contributed by atoms with van der Waals surface area (Å²) in [6, 6.07) is 4.98. The van der Waals surface area contributed by atoms with Crippen molar-refractivity contribution < 1.29 is 19.1 Å². The van der Waals surface area contributed by atoms with Gasteiger partial charge in [0.15, 0.2) is 11.5 Å². The van der Waals surface area contributed by atoms with Crippen LogP contribution < -0.4 is 20.5 Å². The van der Waals surface area contributed by atoms with E-state index in [0.29, 0.717) is 27.6 Å². The highest BCUT2D eigenvalue weighted by Gasteiger charge is 2.27. The second-order valence-corrected chi connectivity index (χ2v) is 7.19. The number of hydrogen-bond donors (Lipinski definition) is 2. The first-order chi connectivity index (χ1) is 12.0. The lowest BCUT2D eigenvalue weighted by molar-refractivity contribution is 0.1000. The molecule has 7 nitrogen and oxygen atoms in total. The number of halogens is 1. The fourth-order valence-electron chi connectivity index (χ4n) is 3.09. The molecular weight excluding hydrogens is 378 g/mol. The summed E-state index contributed by atoms with van der Waals surface area (Å²) < 4.78 is 10.5. The molecule has 26 heavy (non-hydrogen) atoms. The van der Waals surface area contributed by atoms with E-state index in [2.05, 4.69) is 10.2 Å². The van der Waals surface area contributed by atoms with E-state index in [1.807, 2.05) is 7.05 Å². The van der Waals surface area contributed by atoms with Gasteiger partial charge >= 0.3 is 0 Å². The summed E-state index contributed by atoms with van der Waals surface area (Å²) in [6.45, 7) is 1.76. The largest absolute Gasteiger partial charge is 0.454 e. The first-order valence-electron chi connectivity index (χ1n) is 7.87. The monoisotopic (exact) mass is 395 g/mol. The summed E-state index contributed by atoms with van der Waals surface area (Å²) in [5.41, 5.74) is 7.39. The second kappa shape index (κ2) is 7.14. The molecule has 4 rings (SSSR count). The third-order valence-electron chi connectivity index (χ3n) is 4.36. The van der Waals surface area contributed by atoms with Gasteiger partial charge < -0.3 is 25.4 Å². The maximum absolute atomic E-state index is 12.6. The smallest absolute Gasteiger partial charge is 0.256 e. The van der Waals surface area contributed by atoms with Crippen molar-refractivity contribution in [1.29, 1.82) is 0 Å². The Bertz CT molecular complexity index is 883. The van der Waals surface area contributed by atoms with E-state index in [4.69, 9.17) is 15.2 Å². The van der Waals surface area contributed by atoms with Crippen LogP contribution in [-0.2, 0) is 13.0 Å². The topological polar surface area (TPSA) is 93.9 Å². The Kier molecular flexibility index (Phi) is 5.08. The fraction of sp³-hybridized carbons (Fsp3) is 0.294. The standard InChI is InChI=1S/C17H17N3O4S.ClH/c1-20-5-4-10-13(7-20)25-17(14(10)15(18)21)19-16(22)9-2-3-11-12(6-9)24-8-23-11;/h2-3,6H,4-5,7-8H2,1H3,(H2,18,21)(H,19,22);1H. The van der Waals surface area contributed by atoms with Crippen LogP contribution in [-0.4, -0.2) is 37.1 Å². The Hall–Kier alpha value is -2.29. The van der Waals surface area contributed by atoms with Crippen LogP contribution in [0.2, 0.25) is 0 Å². The zero-order valence-corrected chi connectivity index (χ0v) is 15.7. The minimum Gasteiger partial charge on any atom is -0.454 e. The zero-order chi connectivity index (χ0) is 17.6. The Balaban J connectivity index is 0.00000196. The molecule has 3 heterocycles. The van der Waals surface area contributed by atoms with Crippen molar-refractivity contribution in [2.75, 3.05) is 25.7 Å². The summed E-state index contributed by atoms with van der Waals surface area (Å²) in [4.78, 5) is 27.8. The number of primary amides is 1. The van der Waals surface area contributed by atoms with E-state index in [9.17, 15) is 9.59 Å². The molecule has 1 aromatic carbocycles. The van der Waals surface area contributed by atoms with E-state index in [1.165, 1.54) is 11.3 Å². The molecule has 2 aliphatic rings. The third kappa shape index (κ3) is 3.23. The SMILES string of the molecule is CN1CCc2c(sc(NC(=O)c3ccc4c(c3)OCO4)c2C(N)=O)C1.Cl. The van der Waals surface area contributed by atoms with Crippen LogP contribution in [0, 0.1) is 0 Å². The lowest BCUT2D eigenvalue weighted by atomic mass is 10.0. The number of fused-ring (bicyclic) bond motifs is 2. The zero-order valence-electron chi connectivity index (χ0n) is 14.0. The molecule has 0 fully saturated rings. The highest BCUT2D eigenvalue weighted by molar-refractivity contribution is 7.17. The van der Waals surface area contributed by atoms with Crippen LogP contribution in [0.1, 0.15) is 31.2 Å². The van der Waals surface area contributed by atoms with Crippen LogP contribution in [0.3, 0.4) is 0 Å². The normalized spacial score (nSPS) is 15.1. The van der Waals surface area contributed by atoms with Crippen LogP contribution in [0.4, 0.5) is 5.00 Å². The third-order valence-corrected chi connectivity index (χ3v) is 5.49. The van der Waals surface area contributed by atoms with Crippen LogP contribution >= 0.6 is 23.7 Å². The molecule has 138 valence electrons. The number of anilines is 1. The van der Waals surface area contributed by atoms with Crippen molar-refractivity contribution in [3.8, 4) is 11.5 Å². The number of hydrogen-bond acceptors (Lipinski definition) is 6. The first kappa shape index (κ1) is 18.5. The molecule has 3 N–H and O–H groups in total. The average molecular weight is 396 g/mol. The number of thiophene rings is 1. The molecule has 0 bridgehead atoms. The van der Waals surface area contributed by atoms with E-state index in [-0.39, 0.29) is 25.1 Å². The predicted octanol–water partition coefficient (Wildman–Crippen LogP) is 2.24. The number of nitrogens with one attached hydrogen (secondary N) is 1. The Morgan fingerprint density at radius 1 is 1.27 bits per heavy atom. The van der Waals surface area contributed by atoms with Gasteiger partial charge in [-0.05, 0) is 37.2 Å². The van der Waals surface area contributed by atoms with Crippen molar-refractivity contribution in [2.45, 2.75) is 13.0 Å². The summed E-state index contributed by atoms with van der Waals surface area (Å²) in [6.07, 6.45) is 0.750. The van der Waals surface area contributed by atoms with E-state index < -0.39 is 5.91 Å². The minimum absolute atomic E-state index is 0. The maximum Gasteiger partial charge on any atom is 0.256 e. The number of rotatable bonds is 3. The first-order valence-corrected chi connectivity index (χ1v) is 8.68. The van der Waals surface area contributed by atoms with Crippen molar-refractivity contribution >= 4 is 40.6 Å². The molecular formula is C17H18ClN3O4S. The molecule has 1 aromatic heterocycles. The molecule has 9 heteroatoms. The van der Waals surface area contributed by atoms with Gasteiger partial charge in [0.2, 0.25) is 6.79 Å². The summed E-state index contributed by atoms with van der Waals surface area (Å²) >= 11 is 1.41. The quantitative estimate of drug-likeness (QED) is 0.831. The molecule has 0 radical (unpaired) electrons. The maximum atomic E-state index is 12.6. The van der Waals surface area contributed by atoms with Gasteiger partial charge in [0.1, 0.15) is 5.00 Å². The number of likely N-dealkylation sites (N-methyl/N-ethyl adjacent to an activating group) is 1. The van der Waals surface area contributed by atoms with Crippen LogP contribution in [0.15, 0.2) is 18.2 Å². The van der Waals surface area contributed by atoms with Gasteiger partial charge in [-0.25, -0.2) is 0 Å². The Labute approximate surface area is 160 Å². The highest BCUT2D eigenvalue weighted by atomic mass is 35.5. The number of nitrogens with zero attached hydrogens (tertiary/aromatic N) is 1. The van der Waals surface area contributed by atoms with Gasteiger partial charge in [0.25, 0.3) is 11.8 Å². The Morgan fingerprint density at radius 3 is 2.81 bits per heavy atom. The minimum atomic E-state index is -0.511. The molecule has 2 aromatic rings. The van der Waals surface area contributed by atoms with Gasteiger partial charge in [-0.2, -0.15) is 0 Å². The predicted molar refractivity (Wildman–Crippen MR) is 101 cm³/mol. The molecule has 0 spiro atoms. The fourth-order valence-corrected chi connectivity index (χ4v) is 4.42. The van der Waals surface area contributed by atoms with E-state index in [1.54, 1.807) is 18.2 Å². The van der Waals surface area contributed by atoms with Gasteiger partial charge in [-0.1, -0.05) is 0 Å². The number of benzene rings is 1. The Morgan fingerprint density at radius 2 is 2.04 bits per heavy atom. The van der Waals surface area contributed by atoms with Crippen LogP contribution in [0.25, 0.3) is 0 Å². The van der Waals surface area contributed by atoms with Gasteiger partial charge in [-0.3, -0.25) is 9.59 Å². The van der Waals surface area contributed by atoms with Crippen molar-refractivity contribution in [3.05, 3.63) is 39.8 Å². The summed E-state index contributed by atoms with van der Waals surface area (Å²) in [5.74, 6) is 0.328. The number of ether oxygens (including phenoxy) is 2. The molecule has 0 atom stereocenters. The number of carbonyl (C=O) groups excluding carboxylic acids is 2. The lowest BCUT2D eigenvalue weighted by Gasteiger charge is -2.22. The highest BCUT2D eigenvalue weighted by Crippen LogP contribution is 2.37. The van der Waals surface area contributed by atoms with E-state index in [0.717, 1.165) is 30.0 Å². The summed E-state index contributed by atoms with van der Waals surface area (Å²) in [7, 11) is 2.03. The van der Waals surface area contributed by atoms with Gasteiger partial charge in [-0.15, -0.1) is 23.7 Å². The van der Waals surface area contributed by atoms with Gasteiger partial charge in [0.05, 0.1) is 5.56 Å². The lowest BCUT2D eigenvalue weighted by Crippen LogP contribution is -2.27. The second-order valence-electron chi connectivity index (χ2n) is 6.08. The van der Waals surface area contributed by atoms with Crippen LogP contribution in [0.5, 0.6) is 11.5 Å². The number of nitrogens with two attached hydrogens (primary N) is 1. The van der Waals surface area contributed by atoms with E-state index >= 15 is 0 Å². The van der Waals surface area contributed by atoms with Crippen molar-refractivity contribution in [1.82, 2.24) is 4.90 Å². The molecule has 0 aliphatic carbocycles. The molecule has 0 saturated heterocycles.